The van der Waals surface area contributed by atoms with E-state index < -0.39 is 0 Å². The van der Waals surface area contributed by atoms with Crippen molar-refractivity contribution < 1.29 is 4.79 Å². The van der Waals surface area contributed by atoms with Gasteiger partial charge in [0.25, 0.3) is 5.91 Å². The molecule has 1 aliphatic heterocycles. The van der Waals surface area contributed by atoms with Crippen LogP contribution >= 0.6 is 11.3 Å². The van der Waals surface area contributed by atoms with Gasteiger partial charge in [-0.15, -0.1) is 11.3 Å². The summed E-state index contributed by atoms with van der Waals surface area (Å²) < 4.78 is 0. The van der Waals surface area contributed by atoms with Crippen LogP contribution in [-0.2, 0) is 12.8 Å². The lowest BCUT2D eigenvalue weighted by atomic mass is 9.90. The van der Waals surface area contributed by atoms with Crippen LogP contribution < -0.4 is 5.73 Å². The van der Waals surface area contributed by atoms with Gasteiger partial charge in [0, 0.05) is 23.3 Å². The number of hydrogen-bond acceptors (Lipinski definition) is 3. The van der Waals surface area contributed by atoms with E-state index in [9.17, 15) is 4.79 Å². The molecule has 104 valence electrons. The summed E-state index contributed by atoms with van der Waals surface area (Å²) in [6.07, 6.45) is 5.78. The molecule has 0 spiro atoms. The van der Waals surface area contributed by atoms with Crippen molar-refractivity contribution in [3.05, 3.63) is 21.4 Å². The maximum Gasteiger partial charge on any atom is 0.255 e. The fraction of sp³-hybridized carbons (Fsp3) is 0.667. The maximum absolute atomic E-state index is 12.7. The Balaban J connectivity index is 1.80. The molecule has 1 atom stereocenters. The zero-order chi connectivity index (χ0) is 13.5. The molecule has 1 aliphatic carbocycles. The SMILES string of the molecule is CC1(CN)CCN(C(=O)c2csc3c2CCCC3)C1. The van der Waals surface area contributed by atoms with E-state index >= 15 is 0 Å². The summed E-state index contributed by atoms with van der Waals surface area (Å²) >= 11 is 1.77. The van der Waals surface area contributed by atoms with Crippen LogP contribution in [0.4, 0.5) is 0 Å². The number of carbonyl (C=O) groups is 1. The van der Waals surface area contributed by atoms with Crippen molar-refractivity contribution >= 4 is 17.2 Å². The number of carbonyl (C=O) groups excluding carboxylic acids is 1. The number of amides is 1. The minimum atomic E-state index is 0.117. The molecule has 2 N–H and O–H groups in total. The first-order valence-electron chi connectivity index (χ1n) is 7.21. The van der Waals surface area contributed by atoms with E-state index in [1.165, 1.54) is 23.3 Å². The second-order valence-electron chi connectivity index (χ2n) is 6.25. The molecule has 0 aromatic carbocycles. The van der Waals surface area contributed by atoms with E-state index in [0.717, 1.165) is 37.9 Å². The van der Waals surface area contributed by atoms with Crippen molar-refractivity contribution in [2.45, 2.75) is 39.0 Å². The summed E-state index contributed by atoms with van der Waals surface area (Å²) in [5.74, 6) is 0.233. The second kappa shape index (κ2) is 4.91. The molecule has 3 nitrogen and oxygen atoms in total. The number of hydrogen-bond donors (Lipinski definition) is 1. The predicted molar refractivity (Wildman–Crippen MR) is 78.6 cm³/mol. The van der Waals surface area contributed by atoms with Crippen molar-refractivity contribution in [2.75, 3.05) is 19.6 Å². The van der Waals surface area contributed by atoms with Gasteiger partial charge in [0.1, 0.15) is 0 Å². The quantitative estimate of drug-likeness (QED) is 0.903. The average molecular weight is 278 g/mol. The van der Waals surface area contributed by atoms with Gasteiger partial charge in [0.2, 0.25) is 0 Å². The molecular formula is C15H22N2OS. The number of thiophene rings is 1. The Bertz CT molecular complexity index is 496. The van der Waals surface area contributed by atoms with Crippen LogP contribution in [0.15, 0.2) is 5.38 Å². The molecule has 4 heteroatoms. The fourth-order valence-corrected chi connectivity index (χ4v) is 4.33. The number of aryl methyl sites for hydroxylation is 1. The molecule has 1 aromatic rings. The predicted octanol–water partition coefficient (Wildman–Crippen LogP) is 2.44. The number of nitrogens with two attached hydrogens (primary N) is 1. The molecule has 1 saturated heterocycles. The summed E-state index contributed by atoms with van der Waals surface area (Å²) in [4.78, 5) is 16.1. The third kappa shape index (κ3) is 2.32. The van der Waals surface area contributed by atoms with E-state index in [0.29, 0.717) is 6.54 Å². The Morgan fingerprint density at radius 2 is 2.26 bits per heavy atom. The Hall–Kier alpha value is -0.870. The molecule has 3 rings (SSSR count). The van der Waals surface area contributed by atoms with Gasteiger partial charge in [-0.3, -0.25) is 4.79 Å². The number of fused-ring (bicyclic) bond motifs is 1. The minimum absolute atomic E-state index is 0.117. The first-order chi connectivity index (χ1) is 9.13. The topological polar surface area (TPSA) is 46.3 Å². The average Bonchev–Trinajstić information content (AvgIpc) is 3.03. The van der Waals surface area contributed by atoms with Crippen LogP contribution in [0.3, 0.4) is 0 Å². The normalized spacial score (nSPS) is 26.5. The third-order valence-corrected chi connectivity index (χ3v) is 5.72. The highest BCUT2D eigenvalue weighted by Crippen LogP contribution is 2.34. The molecule has 1 fully saturated rings. The summed E-state index contributed by atoms with van der Waals surface area (Å²) in [5.41, 5.74) is 8.25. The van der Waals surface area contributed by atoms with Gasteiger partial charge in [-0.1, -0.05) is 6.92 Å². The first-order valence-corrected chi connectivity index (χ1v) is 8.09. The van der Waals surface area contributed by atoms with Crippen LogP contribution in [0.5, 0.6) is 0 Å². The van der Waals surface area contributed by atoms with Gasteiger partial charge in [0.15, 0.2) is 0 Å². The van der Waals surface area contributed by atoms with Crippen LogP contribution in [0, 0.1) is 5.41 Å². The molecule has 1 unspecified atom stereocenters. The second-order valence-corrected chi connectivity index (χ2v) is 7.21. The Morgan fingerprint density at radius 3 is 3.00 bits per heavy atom. The van der Waals surface area contributed by atoms with E-state index in [4.69, 9.17) is 5.73 Å². The molecule has 1 amide bonds. The van der Waals surface area contributed by atoms with E-state index in [2.05, 4.69) is 12.3 Å². The fourth-order valence-electron chi connectivity index (χ4n) is 3.21. The molecule has 19 heavy (non-hydrogen) atoms. The summed E-state index contributed by atoms with van der Waals surface area (Å²) in [6, 6.07) is 0. The molecular weight excluding hydrogens is 256 g/mol. The zero-order valence-corrected chi connectivity index (χ0v) is 12.4. The first kappa shape index (κ1) is 13.1. The van der Waals surface area contributed by atoms with Gasteiger partial charge >= 0.3 is 0 Å². The van der Waals surface area contributed by atoms with Crippen LogP contribution in [0.1, 0.15) is 47.0 Å². The number of likely N-dealkylation sites (tertiary alicyclic amines) is 1. The van der Waals surface area contributed by atoms with Crippen molar-refractivity contribution in [1.29, 1.82) is 0 Å². The highest BCUT2D eigenvalue weighted by Gasteiger charge is 2.36. The summed E-state index contributed by atoms with van der Waals surface area (Å²) in [5, 5.41) is 2.08. The third-order valence-electron chi connectivity index (χ3n) is 4.63. The molecule has 0 radical (unpaired) electrons. The van der Waals surface area contributed by atoms with Gasteiger partial charge in [-0.2, -0.15) is 0 Å². The zero-order valence-electron chi connectivity index (χ0n) is 11.6. The van der Waals surface area contributed by atoms with Crippen molar-refractivity contribution in [1.82, 2.24) is 4.90 Å². The Morgan fingerprint density at radius 1 is 1.47 bits per heavy atom. The molecule has 0 bridgehead atoms. The van der Waals surface area contributed by atoms with E-state index in [-0.39, 0.29) is 11.3 Å². The number of rotatable bonds is 2. The van der Waals surface area contributed by atoms with Gasteiger partial charge in [-0.05, 0) is 49.6 Å². The Kier molecular flexibility index (Phi) is 3.39. The highest BCUT2D eigenvalue weighted by atomic mass is 32.1. The van der Waals surface area contributed by atoms with Crippen molar-refractivity contribution in [3.63, 3.8) is 0 Å². The smallest absolute Gasteiger partial charge is 0.255 e. The number of nitrogens with zero attached hydrogens (tertiary/aromatic N) is 1. The minimum Gasteiger partial charge on any atom is -0.338 e. The van der Waals surface area contributed by atoms with Crippen LogP contribution in [0.25, 0.3) is 0 Å². The summed E-state index contributed by atoms with van der Waals surface area (Å²) in [6.45, 7) is 4.52. The lowest BCUT2D eigenvalue weighted by Gasteiger charge is -2.23. The lowest BCUT2D eigenvalue weighted by Crippen LogP contribution is -2.34. The van der Waals surface area contributed by atoms with Gasteiger partial charge < -0.3 is 10.6 Å². The lowest BCUT2D eigenvalue weighted by molar-refractivity contribution is 0.0776. The maximum atomic E-state index is 12.7. The molecule has 2 heterocycles. The van der Waals surface area contributed by atoms with E-state index in [1.54, 1.807) is 11.3 Å². The van der Waals surface area contributed by atoms with Gasteiger partial charge in [0.05, 0.1) is 5.56 Å². The summed E-state index contributed by atoms with van der Waals surface area (Å²) in [7, 11) is 0. The van der Waals surface area contributed by atoms with Gasteiger partial charge in [-0.25, -0.2) is 0 Å². The van der Waals surface area contributed by atoms with Crippen LogP contribution in [0.2, 0.25) is 0 Å². The monoisotopic (exact) mass is 278 g/mol. The van der Waals surface area contributed by atoms with Crippen molar-refractivity contribution in [3.8, 4) is 0 Å². The molecule has 2 aliphatic rings. The van der Waals surface area contributed by atoms with Crippen molar-refractivity contribution in [2.24, 2.45) is 11.1 Å². The molecule has 1 aromatic heterocycles. The largest absolute Gasteiger partial charge is 0.338 e. The van der Waals surface area contributed by atoms with Crippen LogP contribution in [-0.4, -0.2) is 30.4 Å². The molecule has 0 saturated carbocycles. The highest BCUT2D eigenvalue weighted by molar-refractivity contribution is 7.10. The van der Waals surface area contributed by atoms with E-state index in [1.807, 2.05) is 4.90 Å². The standard InChI is InChI=1S/C15H22N2OS/c1-15(9-16)6-7-17(10-15)14(18)12-8-19-13-5-3-2-4-11(12)13/h8H,2-7,9-10,16H2,1H3. The Labute approximate surface area is 118 Å².